The van der Waals surface area contributed by atoms with E-state index in [4.69, 9.17) is 4.52 Å². The molecule has 98 valence electrons. The molecule has 3 nitrogen and oxygen atoms in total. The lowest BCUT2D eigenvalue weighted by molar-refractivity contribution is 0.256. The molecule has 0 N–H and O–H groups in total. The van der Waals surface area contributed by atoms with E-state index in [1.165, 1.54) is 44.9 Å². The number of aromatic nitrogens is 2. The Bertz CT molecular complexity index is 284. The first-order valence-corrected chi connectivity index (χ1v) is 7.00. The van der Waals surface area contributed by atoms with Crippen LogP contribution in [-0.4, -0.2) is 10.1 Å². The molecule has 0 fully saturated rings. The molecular weight excluding hydrogens is 212 g/mol. The van der Waals surface area contributed by atoms with Crippen molar-refractivity contribution in [3.63, 3.8) is 0 Å². The average Bonchev–Trinajstić information content (AvgIpc) is 2.86. The van der Waals surface area contributed by atoms with Gasteiger partial charge in [0.25, 0.3) is 0 Å². The van der Waals surface area contributed by atoms with Gasteiger partial charge in [0.15, 0.2) is 6.33 Å². The second kappa shape index (κ2) is 7.46. The Morgan fingerprint density at radius 3 is 2.35 bits per heavy atom. The predicted octanol–water partition coefficient (Wildman–Crippen LogP) is 4.49. The molecule has 1 aromatic heterocycles. The van der Waals surface area contributed by atoms with Crippen LogP contribution in [0.15, 0.2) is 10.9 Å². The van der Waals surface area contributed by atoms with Crippen LogP contribution in [0.5, 0.6) is 0 Å². The molecule has 0 spiro atoms. The SMILES string of the molecule is CCCCCCC(C)(CCCC)c1ncno1. The van der Waals surface area contributed by atoms with Crippen LogP contribution in [0.3, 0.4) is 0 Å². The molecule has 0 radical (unpaired) electrons. The summed E-state index contributed by atoms with van der Waals surface area (Å²) in [6.07, 6.45) is 11.5. The molecular formula is C14H26N2O. The molecule has 0 saturated heterocycles. The van der Waals surface area contributed by atoms with Crippen LogP contribution in [0.25, 0.3) is 0 Å². The summed E-state index contributed by atoms with van der Waals surface area (Å²) >= 11 is 0. The zero-order valence-electron chi connectivity index (χ0n) is 11.5. The Morgan fingerprint density at radius 1 is 1.06 bits per heavy atom. The fourth-order valence-corrected chi connectivity index (χ4v) is 2.29. The summed E-state index contributed by atoms with van der Waals surface area (Å²) in [6, 6.07) is 0. The topological polar surface area (TPSA) is 38.9 Å². The summed E-state index contributed by atoms with van der Waals surface area (Å²) in [5.74, 6) is 0.822. The van der Waals surface area contributed by atoms with Crippen LogP contribution in [0, 0.1) is 0 Å². The molecule has 0 aliphatic carbocycles. The van der Waals surface area contributed by atoms with E-state index >= 15 is 0 Å². The zero-order valence-corrected chi connectivity index (χ0v) is 11.5. The van der Waals surface area contributed by atoms with Crippen molar-refractivity contribution >= 4 is 0 Å². The van der Waals surface area contributed by atoms with Crippen LogP contribution < -0.4 is 0 Å². The molecule has 0 amide bonds. The van der Waals surface area contributed by atoms with E-state index < -0.39 is 0 Å². The van der Waals surface area contributed by atoms with E-state index in [2.05, 4.69) is 30.9 Å². The first-order valence-electron chi connectivity index (χ1n) is 7.00. The van der Waals surface area contributed by atoms with Gasteiger partial charge in [-0.15, -0.1) is 0 Å². The van der Waals surface area contributed by atoms with E-state index in [0.717, 1.165) is 18.7 Å². The molecule has 3 heteroatoms. The van der Waals surface area contributed by atoms with Gasteiger partial charge in [-0.2, -0.15) is 4.98 Å². The minimum Gasteiger partial charge on any atom is -0.339 e. The van der Waals surface area contributed by atoms with Crippen molar-refractivity contribution in [3.05, 3.63) is 12.2 Å². The summed E-state index contributed by atoms with van der Waals surface area (Å²) in [7, 11) is 0. The summed E-state index contributed by atoms with van der Waals surface area (Å²) in [5.41, 5.74) is 0.0836. The number of hydrogen-bond acceptors (Lipinski definition) is 3. The van der Waals surface area contributed by atoms with Crippen LogP contribution in [0.4, 0.5) is 0 Å². The molecule has 17 heavy (non-hydrogen) atoms. The van der Waals surface area contributed by atoms with Crippen molar-refractivity contribution in [2.24, 2.45) is 0 Å². The minimum absolute atomic E-state index is 0.0836. The highest BCUT2D eigenvalue weighted by Gasteiger charge is 2.30. The van der Waals surface area contributed by atoms with Gasteiger partial charge in [0, 0.05) is 5.41 Å². The van der Waals surface area contributed by atoms with E-state index in [9.17, 15) is 0 Å². The lowest BCUT2D eigenvalue weighted by atomic mass is 9.80. The average molecular weight is 238 g/mol. The Balaban J connectivity index is 2.53. The number of nitrogens with zero attached hydrogens (tertiary/aromatic N) is 2. The van der Waals surface area contributed by atoms with E-state index in [1.807, 2.05) is 0 Å². The standard InChI is InChI=1S/C14H26N2O/c1-4-6-8-9-11-14(3,10-7-5-2)13-15-12-16-17-13/h12H,4-11H2,1-3H3. The van der Waals surface area contributed by atoms with Gasteiger partial charge in [-0.25, -0.2) is 0 Å². The number of rotatable bonds is 9. The Labute approximate surface area is 105 Å². The van der Waals surface area contributed by atoms with Gasteiger partial charge in [-0.3, -0.25) is 0 Å². The minimum atomic E-state index is 0.0836. The third kappa shape index (κ3) is 4.49. The fraction of sp³-hybridized carbons (Fsp3) is 0.857. The van der Waals surface area contributed by atoms with Crippen molar-refractivity contribution < 1.29 is 4.52 Å². The zero-order chi connectivity index (χ0) is 12.6. The molecule has 0 aromatic carbocycles. The molecule has 1 aromatic rings. The third-order valence-corrected chi connectivity index (χ3v) is 3.54. The Kier molecular flexibility index (Phi) is 6.23. The van der Waals surface area contributed by atoms with Crippen molar-refractivity contribution in [2.75, 3.05) is 0 Å². The highest BCUT2D eigenvalue weighted by Crippen LogP contribution is 2.33. The van der Waals surface area contributed by atoms with Crippen LogP contribution in [0.2, 0.25) is 0 Å². The summed E-state index contributed by atoms with van der Waals surface area (Å²) in [5, 5.41) is 3.75. The molecule has 0 aliphatic rings. The summed E-state index contributed by atoms with van der Waals surface area (Å²) in [6.45, 7) is 6.74. The van der Waals surface area contributed by atoms with Crippen molar-refractivity contribution in [1.82, 2.24) is 10.1 Å². The van der Waals surface area contributed by atoms with Gasteiger partial charge in [0.1, 0.15) is 0 Å². The first kappa shape index (κ1) is 14.2. The number of hydrogen-bond donors (Lipinski definition) is 0. The normalized spacial score (nSPS) is 14.8. The van der Waals surface area contributed by atoms with Crippen molar-refractivity contribution in [1.29, 1.82) is 0 Å². The maximum absolute atomic E-state index is 5.29. The maximum atomic E-state index is 5.29. The van der Waals surface area contributed by atoms with Crippen molar-refractivity contribution in [2.45, 2.75) is 77.6 Å². The maximum Gasteiger partial charge on any atom is 0.232 e. The Hall–Kier alpha value is -0.860. The van der Waals surface area contributed by atoms with Crippen LogP contribution in [0.1, 0.15) is 78.0 Å². The second-order valence-corrected chi connectivity index (χ2v) is 5.22. The highest BCUT2D eigenvalue weighted by atomic mass is 16.5. The van der Waals surface area contributed by atoms with Gasteiger partial charge in [-0.1, -0.05) is 64.5 Å². The van der Waals surface area contributed by atoms with Gasteiger partial charge in [0.05, 0.1) is 0 Å². The van der Waals surface area contributed by atoms with Gasteiger partial charge in [0.2, 0.25) is 5.89 Å². The first-order chi connectivity index (χ1) is 8.23. The highest BCUT2D eigenvalue weighted by molar-refractivity contribution is 5.00. The van der Waals surface area contributed by atoms with Gasteiger partial charge < -0.3 is 4.52 Å². The van der Waals surface area contributed by atoms with E-state index in [0.29, 0.717) is 0 Å². The van der Waals surface area contributed by atoms with Crippen LogP contribution >= 0.6 is 0 Å². The van der Waals surface area contributed by atoms with Crippen molar-refractivity contribution in [3.8, 4) is 0 Å². The van der Waals surface area contributed by atoms with E-state index in [1.54, 1.807) is 0 Å². The summed E-state index contributed by atoms with van der Waals surface area (Å²) in [4.78, 5) is 4.26. The quantitative estimate of drug-likeness (QED) is 0.595. The molecule has 1 unspecified atom stereocenters. The lowest BCUT2D eigenvalue weighted by Gasteiger charge is -2.25. The van der Waals surface area contributed by atoms with E-state index in [-0.39, 0.29) is 5.41 Å². The molecule has 0 aliphatic heterocycles. The fourth-order valence-electron chi connectivity index (χ4n) is 2.29. The molecule has 1 rings (SSSR count). The predicted molar refractivity (Wildman–Crippen MR) is 69.9 cm³/mol. The number of unbranched alkanes of at least 4 members (excludes halogenated alkanes) is 4. The monoisotopic (exact) mass is 238 g/mol. The molecule has 1 heterocycles. The van der Waals surface area contributed by atoms with Gasteiger partial charge >= 0.3 is 0 Å². The Morgan fingerprint density at radius 2 is 1.76 bits per heavy atom. The third-order valence-electron chi connectivity index (χ3n) is 3.54. The molecule has 1 atom stereocenters. The molecule has 0 bridgehead atoms. The smallest absolute Gasteiger partial charge is 0.232 e. The summed E-state index contributed by atoms with van der Waals surface area (Å²) < 4.78 is 5.29. The lowest BCUT2D eigenvalue weighted by Crippen LogP contribution is -2.22. The van der Waals surface area contributed by atoms with Gasteiger partial charge in [-0.05, 0) is 12.8 Å². The van der Waals surface area contributed by atoms with Crippen LogP contribution in [-0.2, 0) is 5.41 Å². The second-order valence-electron chi connectivity index (χ2n) is 5.22. The molecule has 0 saturated carbocycles. The largest absolute Gasteiger partial charge is 0.339 e.